The molecule has 0 aliphatic carbocycles. The van der Waals surface area contributed by atoms with E-state index in [1.54, 1.807) is 25.2 Å². The monoisotopic (exact) mass is 395 g/mol. The number of nitrogens with zero attached hydrogens (tertiary/aromatic N) is 1. The zero-order valence-corrected chi connectivity index (χ0v) is 14.3. The van der Waals surface area contributed by atoms with Gasteiger partial charge in [-0.15, -0.1) is 11.3 Å². The minimum Gasteiger partial charge on any atom is -0.315 e. The van der Waals surface area contributed by atoms with Crippen LogP contribution in [0.5, 0.6) is 0 Å². The van der Waals surface area contributed by atoms with Crippen molar-refractivity contribution < 1.29 is 8.42 Å². The topological polar surface area (TPSA) is 71.1 Å². The third kappa shape index (κ3) is 3.50. The third-order valence-electron chi connectivity index (χ3n) is 2.34. The van der Waals surface area contributed by atoms with Gasteiger partial charge in [0.05, 0.1) is 8.81 Å². The van der Waals surface area contributed by atoms with Crippen molar-refractivity contribution in [1.29, 1.82) is 0 Å². The Labute approximate surface area is 134 Å². The second-order valence-corrected chi connectivity index (χ2v) is 8.33. The van der Waals surface area contributed by atoms with Gasteiger partial charge in [0.15, 0.2) is 5.82 Å². The number of anilines is 1. The van der Waals surface area contributed by atoms with E-state index in [2.05, 4.69) is 31.0 Å². The Kier molecular flexibility index (Phi) is 5.03. The first-order valence-electron chi connectivity index (χ1n) is 5.50. The molecule has 20 heavy (non-hydrogen) atoms. The molecule has 0 aliphatic heterocycles. The van der Waals surface area contributed by atoms with Gasteiger partial charge >= 0.3 is 0 Å². The quantitative estimate of drug-likeness (QED) is 0.815. The highest BCUT2D eigenvalue weighted by Gasteiger charge is 2.22. The molecule has 9 heteroatoms. The number of aromatic nitrogens is 1. The van der Waals surface area contributed by atoms with E-state index in [1.165, 1.54) is 17.5 Å². The normalized spacial score (nSPS) is 11.6. The lowest BCUT2D eigenvalue weighted by atomic mass is 10.5. The van der Waals surface area contributed by atoms with Gasteiger partial charge in [-0.25, -0.2) is 13.4 Å². The predicted octanol–water partition coefficient (Wildman–Crippen LogP) is 3.08. The van der Waals surface area contributed by atoms with Crippen molar-refractivity contribution in [2.75, 3.05) is 11.8 Å². The Hall–Kier alpha value is -0.670. The lowest BCUT2D eigenvalue weighted by molar-refractivity contribution is 0.601. The van der Waals surface area contributed by atoms with Crippen molar-refractivity contribution in [3.8, 4) is 0 Å². The maximum absolute atomic E-state index is 12.3. The number of sulfonamides is 1. The van der Waals surface area contributed by atoms with Crippen molar-refractivity contribution in [3.63, 3.8) is 0 Å². The summed E-state index contributed by atoms with van der Waals surface area (Å²) in [5.41, 5.74) is 0. The van der Waals surface area contributed by atoms with Crippen LogP contribution >= 0.6 is 38.9 Å². The lowest BCUT2D eigenvalue weighted by Gasteiger charge is -2.07. The molecule has 0 unspecified atom stereocenters. The lowest BCUT2D eigenvalue weighted by Crippen LogP contribution is -2.14. The van der Waals surface area contributed by atoms with Crippen LogP contribution in [-0.4, -0.2) is 20.4 Å². The Balaban J connectivity index is 2.33. The second-order valence-electron chi connectivity index (χ2n) is 3.82. The molecular formula is C11H11BrClN3O2S2. The molecule has 0 aromatic carbocycles. The van der Waals surface area contributed by atoms with Gasteiger partial charge in [0.2, 0.25) is 0 Å². The van der Waals surface area contributed by atoms with Gasteiger partial charge in [0.25, 0.3) is 10.0 Å². The van der Waals surface area contributed by atoms with Gasteiger partial charge in [-0.2, -0.15) is 0 Å². The Morgan fingerprint density at radius 2 is 2.25 bits per heavy atom. The molecule has 0 saturated heterocycles. The van der Waals surface area contributed by atoms with Crippen LogP contribution in [-0.2, 0) is 16.6 Å². The zero-order valence-electron chi connectivity index (χ0n) is 10.4. The number of rotatable bonds is 5. The molecule has 2 heterocycles. The highest BCUT2D eigenvalue weighted by atomic mass is 79.9. The van der Waals surface area contributed by atoms with Crippen LogP contribution < -0.4 is 10.0 Å². The summed E-state index contributed by atoms with van der Waals surface area (Å²) in [6.07, 6.45) is 1.47. The smallest absolute Gasteiger partial charge is 0.265 e. The van der Waals surface area contributed by atoms with Crippen molar-refractivity contribution in [1.82, 2.24) is 10.3 Å². The van der Waals surface area contributed by atoms with Gasteiger partial charge in [0.1, 0.15) is 4.90 Å². The largest absolute Gasteiger partial charge is 0.315 e. The highest BCUT2D eigenvalue weighted by molar-refractivity contribution is 9.11. The molecule has 0 spiro atoms. The maximum atomic E-state index is 12.3. The first-order chi connectivity index (χ1) is 9.44. The summed E-state index contributed by atoms with van der Waals surface area (Å²) in [6, 6.07) is 4.82. The standard InChI is InChI=1S/C11H11BrClN3O2S2/c1-14-6-7-5-9(10(12)19-7)20(17,18)16-11-8(13)3-2-4-15-11/h2-5,14H,6H2,1H3,(H,15,16). The van der Waals surface area contributed by atoms with E-state index in [-0.39, 0.29) is 15.7 Å². The van der Waals surface area contributed by atoms with Crippen LogP contribution in [0, 0.1) is 0 Å². The average Bonchev–Trinajstić information content (AvgIpc) is 2.74. The molecule has 2 N–H and O–H groups in total. The van der Waals surface area contributed by atoms with E-state index in [1.807, 2.05) is 0 Å². The van der Waals surface area contributed by atoms with Crippen molar-refractivity contribution in [2.24, 2.45) is 0 Å². The molecule has 108 valence electrons. The van der Waals surface area contributed by atoms with Gasteiger partial charge in [0, 0.05) is 17.6 Å². The number of pyridine rings is 1. The fourth-order valence-corrected chi connectivity index (χ4v) is 5.44. The summed E-state index contributed by atoms with van der Waals surface area (Å²) in [6.45, 7) is 0.600. The van der Waals surface area contributed by atoms with E-state index in [0.717, 1.165) is 4.88 Å². The molecule has 0 aliphatic rings. The van der Waals surface area contributed by atoms with Crippen LogP contribution in [0.4, 0.5) is 5.82 Å². The molecule has 2 rings (SSSR count). The molecular weight excluding hydrogens is 386 g/mol. The maximum Gasteiger partial charge on any atom is 0.265 e. The van der Waals surface area contributed by atoms with Crippen molar-refractivity contribution in [2.45, 2.75) is 11.4 Å². The van der Waals surface area contributed by atoms with Gasteiger partial charge in [-0.3, -0.25) is 4.72 Å². The SMILES string of the molecule is CNCc1cc(S(=O)(=O)Nc2ncccc2Cl)c(Br)s1. The molecule has 0 atom stereocenters. The fourth-order valence-electron chi connectivity index (χ4n) is 1.49. The number of thiophene rings is 1. The number of nitrogens with one attached hydrogen (secondary N) is 2. The predicted molar refractivity (Wildman–Crippen MR) is 84.8 cm³/mol. The van der Waals surface area contributed by atoms with E-state index in [4.69, 9.17) is 11.6 Å². The summed E-state index contributed by atoms with van der Waals surface area (Å²) in [4.78, 5) is 5.00. The van der Waals surface area contributed by atoms with E-state index >= 15 is 0 Å². The Morgan fingerprint density at radius 3 is 2.90 bits per heavy atom. The fraction of sp³-hybridized carbons (Fsp3) is 0.182. The van der Waals surface area contributed by atoms with E-state index in [0.29, 0.717) is 10.3 Å². The summed E-state index contributed by atoms with van der Waals surface area (Å²) in [5, 5.41) is 3.22. The van der Waals surface area contributed by atoms with Crippen molar-refractivity contribution in [3.05, 3.63) is 38.1 Å². The highest BCUT2D eigenvalue weighted by Crippen LogP contribution is 2.33. The summed E-state index contributed by atoms with van der Waals surface area (Å²) < 4.78 is 27.6. The first kappa shape index (κ1) is 15.7. The molecule has 5 nitrogen and oxygen atoms in total. The average molecular weight is 397 g/mol. The summed E-state index contributed by atoms with van der Waals surface area (Å²) in [7, 11) is -1.93. The Morgan fingerprint density at radius 1 is 1.50 bits per heavy atom. The van der Waals surface area contributed by atoms with Crippen LogP contribution in [0.2, 0.25) is 5.02 Å². The Bertz CT molecular complexity index is 718. The second kappa shape index (κ2) is 6.40. The van der Waals surface area contributed by atoms with Gasteiger partial charge in [-0.1, -0.05) is 11.6 Å². The van der Waals surface area contributed by atoms with Crippen LogP contribution in [0.3, 0.4) is 0 Å². The molecule has 2 aromatic heterocycles. The van der Waals surface area contributed by atoms with Gasteiger partial charge in [-0.05, 0) is 41.2 Å². The first-order valence-corrected chi connectivity index (χ1v) is 8.97. The van der Waals surface area contributed by atoms with Crippen LogP contribution in [0.1, 0.15) is 4.88 Å². The molecule has 0 amide bonds. The number of hydrogen-bond donors (Lipinski definition) is 2. The van der Waals surface area contributed by atoms with Crippen LogP contribution in [0.15, 0.2) is 33.1 Å². The van der Waals surface area contributed by atoms with Crippen LogP contribution in [0.25, 0.3) is 0 Å². The minimum absolute atomic E-state index is 0.113. The minimum atomic E-state index is -3.73. The molecule has 0 fully saturated rings. The summed E-state index contributed by atoms with van der Waals surface area (Å²) in [5.74, 6) is 0.113. The number of halogens is 2. The zero-order chi connectivity index (χ0) is 14.8. The number of hydrogen-bond acceptors (Lipinski definition) is 5. The molecule has 2 aromatic rings. The molecule has 0 radical (unpaired) electrons. The van der Waals surface area contributed by atoms with Crippen molar-refractivity contribution >= 4 is 54.7 Å². The van der Waals surface area contributed by atoms with E-state index < -0.39 is 10.0 Å². The third-order valence-corrected chi connectivity index (χ3v) is 6.23. The van der Waals surface area contributed by atoms with Gasteiger partial charge < -0.3 is 5.32 Å². The molecule has 0 saturated carbocycles. The summed E-state index contributed by atoms with van der Waals surface area (Å²) >= 11 is 10.5. The molecule has 0 bridgehead atoms. The van der Waals surface area contributed by atoms with E-state index in [9.17, 15) is 8.42 Å².